The summed E-state index contributed by atoms with van der Waals surface area (Å²) in [4.78, 5) is 23.8. The van der Waals surface area contributed by atoms with E-state index in [0.717, 1.165) is 25.7 Å². The Kier molecular flexibility index (Phi) is 12.2. The van der Waals surface area contributed by atoms with Crippen molar-refractivity contribution >= 4 is 11.9 Å². The Balaban J connectivity index is 1.67. The Bertz CT molecular complexity index is 843. The number of Topliss-reactive ketones (excluding diaryl/α,β-unsaturated/α-hetero) is 1. The quantitative estimate of drug-likeness (QED) is 0.242. The Labute approximate surface area is 216 Å². The fourth-order valence-corrected chi connectivity index (χ4v) is 3.79. The number of ketones is 1. The first kappa shape index (κ1) is 30.9. The number of carbonyl (C=O) groups excluding carboxylic acids is 2. The Morgan fingerprint density at radius 3 is 2.24 bits per heavy atom. The number of rotatable bonds is 13. The number of aliphatic hydroxyl groups excluding tert-OH is 4. The van der Waals surface area contributed by atoms with Gasteiger partial charge in [0.2, 0.25) is 6.29 Å². The maximum atomic E-state index is 14.6. The van der Waals surface area contributed by atoms with Crippen molar-refractivity contribution < 1.29 is 48.6 Å². The number of halogens is 1. The summed E-state index contributed by atoms with van der Waals surface area (Å²) in [6.07, 6.45) is -5.33. The van der Waals surface area contributed by atoms with Crippen LogP contribution < -0.4 is 10.1 Å². The lowest BCUT2D eigenvalue weighted by atomic mass is 9.99. The third-order valence-electron chi connectivity index (χ3n) is 5.82. The van der Waals surface area contributed by atoms with Gasteiger partial charge in [-0.3, -0.25) is 4.79 Å². The van der Waals surface area contributed by atoms with E-state index in [4.69, 9.17) is 14.2 Å². The normalized spacial score (nSPS) is 24.8. The second-order valence-electron chi connectivity index (χ2n) is 10.2. The van der Waals surface area contributed by atoms with Crippen LogP contribution in [0.15, 0.2) is 24.3 Å². The van der Waals surface area contributed by atoms with Crippen molar-refractivity contribution in [1.29, 1.82) is 0 Å². The molecule has 37 heavy (non-hydrogen) atoms. The summed E-state index contributed by atoms with van der Waals surface area (Å²) in [6.45, 7) is 5.32. The summed E-state index contributed by atoms with van der Waals surface area (Å²) in [5, 5.41) is 41.7. The Morgan fingerprint density at radius 1 is 1.00 bits per heavy atom. The number of unbranched alkanes of at least 4 members (excludes halogenated alkanes) is 4. The minimum atomic E-state index is -1.78. The molecule has 0 aliphatic carbocycles. The number of aliphatic hydroxyl groups is 4. The highest BCUT2D eigenvalue weighted by Crippen LogP contribution is 2.27. The number of benzene rings is 1. The van der Waals surface area contributed by atoms with E-state index in [2.05, 4.69) is 5.32 Å². The zero-order chi connectivity index (χ0) is 27.6. The molecule has 6 unspecified atom stereocenters. The van der Waals surface area contributed by atoms with E-state index in [1.807, 2.05) is 0 Å². The molecule has 1 aromatic carbocycles. The predicted octanol–water partition coefficient (Wildman–Crippen LogP) is 2.31. The largest absolute Gasteiger partial charge is 0.462 e. The van der Waals surface area contributed by atoms with E-state index >= 15 is 0 Å². The van der Waals surface area contributed by atoms with Gasteiger partial charge in [0.1, 0.15) is 35.8 Å². The lowest BCUT2D eigenvalue weighted by Crippen LogP contribution is -2.60. The number of hydrogen-bond donors (Lipinski definition) is 5. The van der Waals surface area contributed by atoms with Crippen molar-refractivity contribution in [2.24, 2.45) is 0 Å². The van der Waals surface area contributed by atoms with Gasteiger partial charge in [-0.2, -0.15) is 0 Å². The van der Waals surface area contributed by atoms with E-state index in [0.29, 0.717) is 13.0 Å². The molecule has 2 rings (SSSR count). The number of alkyl halides is 1. The molecule has 0 saturated carbocycles. The molecule has 0 aromatic heterocycles. The molecular weight excluding hydrogens is 489 g/mol. The molecule has 210 valence electrons. The summed E-state index contributed by atoms with van der Waals surface area (Å²) in [5.41, 5.74) is -0.367. The van der Waals surface area contributed by atoms with Crippen molar-refractivity contribution in [2.75, 3.05) is 13.2 Å². The van der Waals surface area contributed by atoms with E-state index in [1.54, 1.807) is 20.8 Å². The molecule has 1 fully saturated rings. The van der Waals surface area contributed by atoms with Crippen LogP contribution >= 0.6 is 0 Å². The predicted molar refractivity (Wildman–Crippen MR) is 132 cm³/mol. The highest BCUT2D eigenvalue weighted by Gasteiger charge is 2.44. The highest BCUT2D eigenvalue weighted by molar-refractivity contribution is 5.84. The molecule has 1 aromatic rings. The smallest absolute Gasteiger partial charge is 0.407 e. The molecule has 0 radical (unpaired) electrons. The molecule has 10 nitrogen and oxygen atoms in total. The van der Waals surface area contributed by atoms with Crippen LogP contribution in [-0.2, 0) is 14.3 Å². The molecule has 1 heterocycles. The summed E-state index contributed by atoms with van der Waals surface area (Å²) in [7, 11) is 0. The standard InChI is InChI=1S/C26H40FNO9/c1-26(2,3)37-25(34)28-14-8-6-4-5-7-9-18(30)20(27)16-10-12-17(13-11-16)35-24-23(33)22(32)21(31)19(15-29)36-24/h10-13,19-24,29,31-33H,4-9,14-15H2,1-3H3,(H,28,34). The minimum Gasteiger partial charge on any atom is -0.462 e. The second kappa shape index (κ2) is 14.6. The van der Waals surface area contributed by atoms with Gasteiger partial charge in [0, 0.05) is 13.0 Å². The van der Waals surface area contributed by atoms with Crippen LogP contribution in [0, 0.1) is 0 Å². The van der Waals surface area contributed by atoms with Crippen molar-refractivity contribution in [1.82, 2.24) is 5.32 Å². The van der Waals surface area contributed by atoms with Gasteiger partial charge in [0.15, 0.2) is 12.0 Å². The number of hydrogen-bond acceptors (Lipinski definition) is 9. The molecule has 1 amide bonds. The van der Waals surface area contributed by atoms with Crippen LogP contribution in [0.4, 0.5) is 9.18 Å². The maximum Gasteiger partial charge on any atom is 0.407 e. The van der Waals surface area contributed by atoms with Gasteiger partial charge < -0.3 is 40.0 Å². The molecule has 1 aliphatic heterocycles. The molecular formula is C26H40FNO9. The van der Waals surface area contributed by atoms with Gasteiger partial charge in [0.05, 0.1) is 6.61 Å². The van der Waals surface area contributed by atoms with Gasteiger partial charge in [-0.15, -0.1) is 0 Å². The third kappa shape index (κ3) is 10.2. The molecule has 0 bridgehead atoms. The van der Waals surface area contributed by atoms with Crippen LogP contribution in [-0.4, -0.2) is 81.8 Å². The van der Waals surface area contributed by atoms with Crippen molar-refractivity contribution in [3.05, 3.63) is 29.8 Å². The first-order valence-electron chi connectivity index (χ1n) is 12.6. The lowest BCUT2D eigenvalue weighted by Gasteiger charge is -2.39. The van der Waals surface area contributed by atoms with E-state index in [9.17, 15) is 34.4 Å². The molecule has 1 aliphatic rings. The zero-order valence-corrected chi connectivity index (χ0v) is 21.6. The van der Waals surface area contributed by atoms with E-state index < -0.39 is 61.0 Å². The second-order valence-corrected chi connectivity index (χ2v) is 10.2. The summed E-state index contributed by atoms with van der Waals surface area (Å²) >= 11 is 0. The average Bonchev–Trinajstić information content (AvgIpc) is 2.84. The molecule has 11 heteroatoms. The van der Waals surface area contributed by atoms with Gasteiger partial charge in [-0.25, -0.2) is 9.18 Å². The van der Waals surface area contributed by atoms with Crippen LogP contribution in [0.25, 0.3) is 0 Å². The maximum absolute atomic E-state index is 14.6. The summed E-state index contributed by atoms with van der Waals surface area (Å²) in [5.74, 6) is -0.330. The lowest BCUT2D eigenvalue weighted by molar-refractivity contribution is -0.277. The third-order valence-corrected chi connectivity index (χ3v) is 5.82. The number of nitrogens with one attached hydrogen (secondary N) is 1. The fourth-order valence-electron chi connectivity index (χ4n) is 3.79. The monoisotopic (exact) mass is 529 g/mol. The van der Waals surface area contributed by atoms with Crippen molar-refractivity contribution in [2.45, 2.75) is 102 Å². The SMILES string of the molecule is CC(C)(C)OC(=O)NCCCCCCCC(=O)C(F)c1ccc(OC2OC(CO)C(O)C(O)C2O)cc1. The number of carbonyl (C=O) groups is 2. The summed E-state index contributed by atoms with van der Waals surface area (Å²) < 4.78 is 30.6. The number of alkyl carbamates (subject to hydrolysis) is 1. The van der Waals surface area contributed by atoms with E-state index in [1.165, 1.54) is 24.3 Å². The van der Waals surface area contributed by atoms with Gasteiger partial charge in [0.25, 0.3) is 0 Å². The highest BCUT2D eigenvalue weighted by atomic mass is 19.1. The van der Waals surface area contributed by atoms with Crippen LogP contribution in [0.5, 0.6) is 5.75 Å². The average molecular weight is 530 g/mol. The van der Waals surface area contributed by atoms with Crippen molar-refractivity contribution in [3.63, 3.8) is 0 Å². The molecule has 6 atom stereocenters. The Morgan fingerprint density at radius 2 is 1.62 bits per heavy atom. The molecule has 0 spiro atoms. The Hall–Kier alpha value is -2.31. The van der Waals surface area contributed by atoms with Crippen LogP contribution in [0.2, 0.25) is 0 Å². The first-order valence-corrected chi connectivity index (χ1v) is 12.6. The molecule has 1 saturated heterocycles. The first-order chi connectivity index (χ1) is 17.4. The summed E-state index contributed by atoms with van der Waals surface area (Å²) in [6, 6.07) is 5.59. The van der Waals surface area contributed by atoms with E-state index in [-0.39, 0.29) is 17.7 Å². The van der Waals surface area contributed by atoms with Gasteiger partial charge in [-0.05, 0) is 51.3 Å². The minimum absolute atomic E-state index is 0.112. The fraction of sp³-hybridized carbons (Fsp3) is 0.692. The zero-order valence-electron chi connectivity index (χ0n) is 21.6. The topological polar surface area (TPSA) is 155 Å². The molecule has 5 N–H and O–H groups in total. The van der Waals surface area contributed by atoms with Crippen LogP contribution in [0.1, 0.15) is 71.0 Å². The van der Waals surface area contributed by atoms with Gasteiger partial charge >= 0.3 is 6.09 Å². The number of ether oxygens (including phenoxy) is 3. The van der Waals surface area contributed by atoms with Crippen LogP contribution in [0.3, 0.4) is 0 Å². The number of amides is 1. The van der Waals surface area contributed by atoms with Crippen molar-refractivity contribution in [3.8, 4) is 5.75 Å². The van der Waals surface area contributed by atoms with Gasteiger partial charge in [-0.1, -0.05) is 31.4 Å².